The zero-order chi connectivity index (χ0) is 15.9. The largest absolute Gasteiger partial charge is 0.491 e. The van der Waals surface area contributed by atoms with E-state index in [4.69, 9.17) is 10.00 Å². The standard InChI is InChI=1S/C18H28N2O/c1-14(2)21-17-10-7-6-9-16(17)15(3)20-13-18(4,5)11-8-12-19/h6-7,9-10,14-15,20H,8,11,13H2,1-5H3. The number of rotatable bonds is 8. The minimum Gasteiger partial charge on any atom is -0.491 e. The Bertz CT molecular complexity index is 474. The van der Waals surface area contributed by atoms with Crippen LogP contribution in [0.1, 0.15) is 59.1 Å². The van der Waals surface area contributed by atoms with Gasteiger partial charge in [-0.15, -0.1) is 0 Å². The van der Waals surface area contributed by atoms with Crippen LogP contribution in [0.3, 0.4) is 0 Å². The number of ether oxygens (including phenoxy) is 1. The maximum atomic E-state index is 8.72. The number of benzene rings is 1. The molecule has 1 N–H and O–H groups in total. The van der Waals surface area contributed by atoms with Gasteiger partial charge < -0.3 is 10.1 Å². The lowest BCUT2D eigenvalue weighted by Gasteiger charge is -2.27. The zero-order valence-electron chi connectivity index (χ0n) is 13.9. The molecule has 1 atom stereocenters. The lowest BCUT2D eigenvalue weighted by atomic mass is 9.87. The zero-order valence-corrected chi connectivity index (χ0v) is 13.9. The second kappa shape index (κ2) is 8.05. The predicted molar refractivity (Wildman–Crippen MR) is 87.3 cm³/mol. The Labute approximate surface area is 129 Å². The van der Waals surface area contributed by atoms with E-state index in [0.29, 0.717) is 6.42 Å². The van der Waals surface area contributed by atoms with Crippen molar-refractivity contribution in [3.63, 3.8) is 0 Å². The predicted octanol–water partition coefficient (Wildman–Crippen LogP) is 4.45. The van der Waals surface area contributed by atoms with E-state index >= 15 is 0 Å². The van der Waals surface area contributed by atoms with Crippen molar-refractivity contribution in [2.75, 3.05) is 6.54 Å². The van der Waals surface area contributed by atoms with E-state index < -0.39 is 0 Å². The lowest BCUT2D eigenvalue weighted by Crippen LogP contribution is -2.31. The van der Waals surface area contributed by atoms with Crippen LogP contribution in [0.15, 0.2) is 24.3 Å². The number of nitrogens with zero attached hydrogens (tertiary/aromatic N) is 1. The average Bonchev–Trinajstić information content (AvgIpc) is 2.43. The van der Waals surface area contributed by atoms with Gasteiger partial charge in [-0.2, -0.15) is 5.26 Å². The van der Waals surface area contributed by atoms with Gasteiger partial charge in [0.2, 0.25) is 0 Å². The summed E-state index contributed by atoms with van der Waals surface area (Å²) in [5.41, 5.74) is 1.31. The third-order valence-electron chi connectivity index (χ3n) is 3.55. The van der Waals surface area contributed by atoms with Crippen LogP contribution in [-0.2, 0) is 0 Å². The Hall–Kier alpha value is -1.53. The van der Waals surface area contributed by atoms with Crippen molar-refractivity contribution in [2.24, 2.45) is 5.41 Å². The molecule has 0 aromatic heterocycles. The Morgan fingerprint density at radius 1 is 1.24 bits per heavy atom. The van der Waals surface area contributed by atoms with Crippen LogP contribution in [0.2, 0.25) is 0 Å². The molecule has 3 nitrogen and oxygen atoms in total. The highest BCUT2D eigenvalue weighted by Gasteiger charge is 2.19. The molecule has 0 bridgehead atoms. The fraction of sp³-hybridized carbons (Fsp3) is 0.611. The topological polar surface area (TPSA) is 45.0 Å². The molecule has 0 fully saturated rings. The van der Waals surface area contributed by atoms with Crippen molar-refractivity contribution in [1.29, 1.82) is 5.26 Å². The Balaban J connectivity index is 2.67. The van der Waals surface area contributed by atoms with E-state index in [1.165, 1.54) is 5.56 Å². The first-order chi connectivity index (χ1) is 9.85. The van der Waals surface area contributed by atoms with E-state index in [0.717, 1.165) is 18.7 Å². The second-order valence-corrected chi connectivity index (χ2v) is 6.63. The van der Waals surface area contributed by atoms with Crippen molar-refractivity contribution in [3.8, 4) is 11.8 Å². The van der Waals surface area contributed by atoms with Gasteiger partial charge in [-0.05, 0) is 38.7 Å². The first-order valence-electron chi connectivity index (χ1n) is 7.71. The van der Waals surface area contributed by atoms with Gasteiger partial charge in [0.15, 0.2) is 0 Å². The summed E-state index contributed by atoms with van der Waals surface area (Å²) in [4.78, 5) is 0. The summed E-state index contributed by atoms with van der Waals surface area (Å²) in [7, 11) is 0. The lowest BCUT2D eigenvalue weighted by molar-refractivity contribution is 0.236. The van der Waals surface area contributed by atoms with E-state index in [1.807, 2.05) is 32.0 Å². The first kappa shape index (κ1) is 17.5. The van der Waals surface area contributed by atoms with E-state index in [2.05, 4.69) is 38.2 Å². The highest BCUT2D eigenvalue weighted by Crippen LogP contribution is 2.27. The summed E-state index contributed by atoms with van der Waals surface area (Å²) in [6.07, 6.45) is 1.69. The monoisotopic (exact) mass is 288 g/mol. The molecule has 21 heavy (non-hydrogen) atoms. The normalized spacial score (nSPS) is 13.0. The fourth-order valence-electron chi connectivity index (χ4n) is 2.22. The molecule has 0 aliphatic carbocycles. The molecule has 0 heterocycles. The Morgan fingerprint density at radius 2 is 1.90 bits per heavy atom. The van der Waals surface area contributed by atoms with Crippen LogP contribution in [0, 0.1) is 16.7 Å². The summed E-state index contributed by atoms with van der Waals surface area (Å²) in [6, 6.07) is 10.6. The van der Waals surface area contributed by atoms with Crippen LogP contribution >= 0.6 is 0 Å². The molecule has 0 radical (unpaired) electrons. The summed E-state index contributed by atoms with van der Waals surface area (Å²) >= 11 is 0. The number of hydrogen-bond acceptors (Lipinski definition) is 3. The Kier molecular flexibility index (Phi) is 6.71. The molecule has 0 amide bonds. The Morgan fingerprint density at radius 3 is 2.52 bits per heavy atom. The maximum absolute atomic E-state index is 8.72. The molecule has 1 rings (SSSR count). The summed E-state index contributed by atoms with van der Waals surface area (Å²) in [6.45, 7) is 11.5. The fourth-order valence-corrected chi connectivity index (χ4v) is 2.22. The number of hydrogen-bond donors (Lipinski definition) is 1. The summed E-state index contributed by atoms with van der Waals surface area (Å²) in [5.74, 6) is 0.947. The van der Waals surface area contributed by atoms with Gasteiger partial charge in [0.1, 0.15) is 5.75 Å². The first-order valence-corrected chi connectivity index (χ1v) is 7.71. The second-order valence-electron chi connectivity index (χ2n) is 6.63. The molecule has 0 saturated heterocycles. The summed E-state index contributed by atoms with van der Waals surface area (Å²) < 4.78 is 5.88. The van der Waals surface area contributed by atoms with Gasteiger partial charge in [-0.3, -0.25) is 0 Å². The minimum atomic E-state index is 0.123. The van der Waals surface area contributed by atoms with E-state index in [9.17, 15) is 0 Å². The molecule has 1 aromatic carbocycles. The van der Waals surface area contributed by atoms with Crippen LogP contribution < -0.4 is 10.1 Å². The number of para-hydroxylation sites is 1. The van der Waals surface area contributed by atoms with Crippen molar-refractivity contribution in [2.45, 2.75) is 59.6 Å². The van der Waals surface area contributed by atoms with Crippen LogP contribution in [-0.4, -0.2) is 12.6 Å². The smallest absolute Gasteiger partial charge is 0.124 e. The van der Waals surface area contributed by atoms with Crippen LogP contribution in [0.5, 0.6) is 5.75 Å². The quantitative estimate of drug-likeness (QED) is 0.768. The third kappa shape index (κ3) is 6.18. The molecular formula is C18H28N2O. The van der Waals surface area contributed by atoms with E-state index in [-0.39, 0.29) is 17.6 Å². The molecule has 116 valence electrons. The molecule has 0 aliphatic heterocycles. The van der Waals surface area contributed by atoms with Crippen LogP contribution in [0.25, 0.3) is 0 Å². The van der Waals surface area contributed by atoms with Gasteiger partial charge in [-0.1, -0.05) is 32.0 Å². The number of nitrogens with one attached hydrogen (secondary N) is 1. The van der Waals surface area contributed by atoms with Crippen LogP contribution in [0.4, 0.5) is 0 Å². The van der Waals surface area contributed by atoms with Gasteiger partial charge in [-0.25, -0.2) is 0 Å². The molecule has 0 spiro atoms. The minimum absolute atomic E-state index is 0.123. The molecule has 1 aromatic rings. The van der Waals surface area contributed by atoms with Crippen molar-refractivity contribution in [1.82, 2.24) is 5.32 Å². The SMILES string of the molecule is CC(C)Oc1ccccc1C(C)NCC(C)(C)CCC#N. The molecular weight excluding hydrogens is 260 g/mol. The summed E-state index contributed by atoms with van der Waals surface area (Å²) in [5, 5.41) is 12.3. The highest BCUT2D eigenvalue weighted by molar-refractivity contribution is 5.35. The number of nitriles is 1. The van der Waals surface area contributed by atoms with Gasteiger partial charge in [0, 0.05) is 24.6 Å². The highest BCUT2D eigenvalue weighted by atomic mass is 16.5. The average molecular weight is 288 g/mol. The van der Waals surface area contributed by atoms with Gasteiger partial charge in [0.05, 0.1) is 12.2 Å². The van der Waals surface area contributed by atoms with Crippen molar-refractivity contribution >= 4 is 0 Å². The maximum Gasteiger partial charge on any atom is 0.124 e. The van der Waals surface area contributed by atoms with Crippen molar-refractivity contribution < 1.29 is 4.74 Å². The molecule has 0 saturated carbocycles. The van der Waals surface area contributed by atoms with E-state index in [1.54, 1.807) is 0 Å². The molecule has 3 heteroatoms. The molecule has 0 aliphatic rings. The van der Waals surface area contributed by atoms with Gasteiger partial charge in [0.25, 0.3) is 0 Å². The van der Waals surface area contributed by atoms with Crippen molar-refractivity contribution in [3.05, 3.63) is 29.8 Å². The van der Waals surface area contributed by atoms with Gasteiger partial charge >= 0.3 is 0 Å². The third-order valence-corrected chi connectivity index (χ3v) is 3.55. The molecule has 1 unspecified atom stereocenters.